The van der Waals surface area contributed by atoms with E-state index in [-0.39, 0.29) is 6.04 Å². The fourth-order valence-corrected chi connectivity index (χ4v) is 8.64. The number of aromatic nitrogens is 1. The molecule has 1 aliphatic heterocycles. The van der Waals surface area contributed by atoms with Crippen molar-refractivity contribution in [3.63, 3.8) is 0 Å². The van der Waals surface area contributed by atoms with Crippen molar-refractivity contribution in [3.8, 4) is 27.9 Å². The smallest absolute Gasteiger partial charge is 0.159 e. The molecule has 8 aromatic carbocycles. The number of para-hydroxylation sites is 3. The fourth-order valence-electron chi connectivity index (χ4n) is 8.64. The predicted molar refractivity (Wildman–Crippen MR) is 222 cm³/mol. The summed E-state index contributed by atoms with van der Waals surface area (Å²) in [6.07, 6.45) is 0.809. The van der Waals surface area contributed by atoms with E-state index in [1.54, 1.807) is 0 Å². The summed E-state index contributed by atoms with van der Waals surface area (Å²) in [5.74, 6) is 0. The first-order valence-electron chi connectivity index (χ1n) is 18.6. The number of benzene rings is 8. The first kappa shape index (κ1) is 30.6. The lowest BCUT2D eigenvalue weighted by molar-refractivity contribution is 0.661. The highest BCUT2D eigenvalue weighted by Gasteiger charge is 2.22. The van der Waals surface area contributed by atoms with Gasteiger partial charge in [-0.25, -0.2) is 0 Å². The molecule has 1 unspecified atom stereocenters. The Morgan fingerprint density at radius 3 is 2.02 bits per heavy atom. The summed E-state index contributed by atoms with van der Waals surface area (Å²) in [5.41, 5.74) is 13.7. The van der Waals surface area contributed by atoms with Crippen LogP contribution in [0.5, 0.6) is 0 Å². The lowest BCUT2D eigenvalue weighted by atomic mass is 9.89. The third-order valence-electron chi connectivity index (χ3n) is 11.2. The Morgan fingerprint density at radius 2 is 1.17 bits per heavy atom. The van der Waals surface area contributed by atoms with Gasteiger partial charge in [-0.2, -0.15) is 0 Å². The molecule has 0 aliphatic carbocycles. The maximum absolute atomic E-state index is 6.92. The van der Waals surface area contributed by atoms with Crippen LogP contribution < -0.4 is 10.6 Å². The van der Waals surface area contributed by atoms with E-state index in [2.05, 4.69) is 193 Å². The van der Waals surface area contributed by atoms with Gasteiger partial charge in [0, 0.05) is 33.2 Å². The monoisotopic (exact) mass is 690 g/mol. The molecule has 0 radical (unpaired) electrons. The van der Waals surface area contributed by atoms with Crippen LogP contribution >= 0.6 is 0 Å². The number of fused-ring (bicyclic) bond motifs is 7. The van der Waals surface area contributed by atoms with Gasteiger partial charge in [0.25, 0.3) is 0 Å². The molecule has 3 heteroatoms. The van der Waals surface area contributed by atoms with Gasteiger partial charge >= 0.3 is 0 Å². The zero-order valence-electron chi connectivity index (χ0n) is 29.5. The summed E-state index contributed by atoms with van der Waals surface area (Å²) in [4.78, 5) is 5.31. The Kier molecular flexibility index (Phi) is 6.99. The van der Waals surface area contributed by atoms with E-state index in [0.29, 0.717) is 0 Å². The normalized spacial score (nSPS) is 14.1. The van der Waals surface area contributed by atoms with Crippen LogP contribution in [0.3, 0.4) is 0 Å². The lowest BCUT2D eigenvalue weighted by Crippen LogP contribution is -2.32. The van der Waals surface area contributed by atoms with Crippen LogP contribution in [-0.2, 0) is 0 Å². The molecule has 0 saturated carbocycles. The highest BCUT2D eigenvalue weighted by Crippen LogP contribution is 2.42. The largest absolute Gasteiger partial charge is 0.454 e. The third-order valence-corrected chi connectivity index (χ3v) is 11.2. The average molecular weight is 691 g/mol. The van der Waals surface area contributed by atoms with Gasteiger partial charge in [-0.05, 0) is 69.3 Å². The van der Waals surface area contributed by atoms with E-state index in [1.165, 1.54) is 49.4 Å². The molecule has 1 aliphatic rings. The molecule has 0 saturated heterocycles. The molecule has 0 bridgehead atoms. The summed E-state index contributed by atoms with van der Waals surface area (Å²) < 4.78 is 9.29. The standard InChI is InChI=1S/C51H34N2O/c1-3-13-33(14-4-1)34-25-27-36(28-26-34)43-32-45(52-44-21-9-7-17-39(43)44)37-29-30-40-41-20-12-24-48(51(41)54-49(40)31-37)53-46-22-10-8-18-42(46)50-38(19-11-23-47(50)53)35-15-5-2-6-16-35/h1-31,45H,32H2. The van der Waals surface area contributed by atoms with Crippen molar-refractivity contribution >= 4 is 49.3 Å². The molecule has 0 fully saturated rings. The second kappa shape index (κ2) is 12.3. The van der Waals surface area contributed by atoms with Crippen LogP contribution in [0.2, 0.25) is 0 Å². The quantitative estimate of drug-likeness (QED) is 0.177. The van der Waals surface area contributed by atoms with Crippen LogP contribution in [0.1, 0.15) is 23.6 Å². The van der Waals surface area contributed by atoms with Crippen LogP contribution in [0.25, 0.3) is 77.3 Å². The Labute approximate surface area is 312 Å². The number of nitrogens with zero attached hydrogens (tertiary/aromatic N) is 2. The minimum Gasteiger partial charge on any atom is -0.454 e. The predicted octanol–water partition coefficient (Wildman–Crippen LogP) is 12.0. The van der Waals surface area contributed by atoms with Gasteiger partial charge in [0.2, 0.25) is 0 Å². The highest BCUT2D eigenvalue weighted by molar-refractivity contribution is 6.17. The topological polar surface area (TPSA) is 30.4 Å². The molecule has 3 nitrogen and oxygen atoms in total. The van der Waals surface area contributed by atoms with Crippen LogP contribution in [0, 0.1) is 0 Å². The van der Waals surface area contributed by atoms with Crippen molar-refractivity contribution in [2.45, 2.75) is 12.5 Å². The summed E-state index contributed by atoms with van der Waals surface area (Å²) in [5, 5.41) is 6.93. The molecule has 2 aromatic heterocycles. The zero-order valence-corrected chi connectivity index (χ0v) is 29.5. The molecule has 0 spiro atoms. The fraction of sp³-hybridized carbons (Fsp3) is 0.0392. The van der Waals surface area contributed by atoms with Crippen molar-refractivity contribution in [3.05, 3.63) is 210 Å². The van der Waals surface area contributed by atoms with Gasteiger partial charge in [0.05, 0.1) is 28.1 Å². The number of furan rings is 1. The van der Waals surface area contributed by atoms with Crippen molar-refractivity contribution in [1.82, 2.24) is 4.57 Å². The van der Waals surface area contributed by atoms with E-state index in [4.69, 9.17) is 9.41 Å². The van der Waals surface area contributed by atoms with Gasteiger partial charge in [-0.15, -0.1) is 0 Å². The molecule has 3 heterocycles. The van der Waals surface area contributed by atoms with Gasteiger partial charge < -0.3 is 8.98 Å². The molecular formula is C51H34N2O. The van der Waals surface area contributed by atoms with Crippen molar-refractivity contribution in [2.75, 3.05) is 0 Å². The minimum absolute atomic E-state index is 0.0328. The molecule has 10 aromatic rings. The van der Waals surface area contributed by atoms with E-state index in [9.17, 15) is 0 Å². The highest BCUT2D eigenvalue weighted by atomic mass is 16.3. The average Bonchev–Trinajstić information content (AvgIpc) is 3.80. The molecular weight excluding hydrogens is 657 g/mol. The van der Waals surface area contributed by atoms with E-state index >= 15 is 0 Å². The second-order valence-corrected chi connectivity index (χ2v) is 14.2. The maximum atomic E-state index is 6.92. The van der Waals surface area contributed by atoms with Crippen molar-refractivity contribution < 1.29 is 4.42 Å². The summed E-state index contributed by atoms with van der Waals surface area (Å²) >= 11 is 0. The van der Waals surface area contributed by atoms with Crippen molar-refractivity contribution in [2.24, 2.45) is 4.99 Å². The number of rotatable bonds is 5. The maximum Gasteiger partial charge on any atom is 0.159 e. The molecule has 1 atom stereocenters. The Bertz CT molecular complexity index is 3170. The molecule has 254 valence electrons. The van der Waals surface area contributed by atoms with Crippen molar-refractivity contribution in [1.29, 1.82) is 0 Å². The van der Waals surface area contributed by atoms with Crippen LogP contribution in [0.15, 0.2) is 197 Å². The van der Waals surface area contributed by atoms with E-state index < -0.39 is 0 Å². The molecule has 11 rings (SSSR count). The van der Waals surface area contributed by atoms with Gasteiger partial charge in [-0.3, -0.25) is 4.99 Å². The number of hydrogen-bond acceptors (Lipinski definition) is 2. The van der Waals surface area contributed by atoms with Gasteiger partial charge in [-0.1, -0.05) is 158 Å². The van der Waals surface area contributed by atoms with Gasteiger partial charge in [0.1, 0.15) is 5.58 Å². The Hall–Kier alpha value is -6.97. The first-order valence-corrected chi connectivity index (χ1v) is 18.6. The van der Waals surface area contributed by atoms with E-state index in [0.717, 1.165) is 56.0 Å². The first-order chi connectivity index (χ1) is 26.8. The number of hydrogen-bond donors (Lipinski definition) is 0. The van der Waals surface area contributed by atoms with E-state index in [1.807, 2.05) is 0 Å². The minimum atomic E-state index is -0.0328. The summed E-state index contributed by atoms with van der Waals surface area (Å²) in [7, 11) is 0. The summed E-state index contributed by atoms with van der Waals surface area (Å²) in [6.45, 7) is 0. The zero-order chi connectivity index (χ0) is 35.6. The van der Waals surface area contributed by atoms with Crippen LogP contribution in [0.4, 0.5) is 0 Å². The SMILES string of the molecule is c1ccc(-c2ccc(C3=c4ccccc4=NC(c4ccc5c(c4)oc4c(-n6c7ccccc7c7c(-c8ccccc8)cccc76)cccc45)C3)cc2)cc1. The second-order valence-electron chi connectivity index (χ2n) is 14.2. The van der Waals surface area contributed by atoms with Gasteiger partial charge in [0.15, 0.2) is 5.58 Å². The molecule has 0 N–H and O–H groups in total. The third kappa shape index (κ3) is 4.86. The Morgan fingerprint density at radius 1 is 0.500 bits per heavy atom. The molecule has 0 amide bonds. The van der Waals surface area contributed by atoms with Crippen LogP contribution in [-0.4, -0.2) is 4.57 Å². The Balaban J connectivity index is 1.03. The molecule has 54 heavy (non-hydrogen) atoms. The summed E-state index contributed by atoms with van der Waals surface area (Å²) in [6, 6.07) is 67.3. The lowest BCUT2D eigenvalue weighted by Gasteiger charge is -2.20.